The van der Waals surface area contributed by atoms with Gasteiger partial charge in [-0.05, 0) is 25.0 Å². The second-order valence-corrected chi connectivity index (χ2v) is 5.48. The molecular formula is C14H16FN3O3. The quantitative estimate of drug-likeness (QED) is 0.628. The molecule has 0 atom stereocenters. The molecule has 1 aromatic rings. The van der Waals surface area contributed by atoms with Crippen LogP contribution in [-0.4, -0.2) is 52.9 Å². The van der Waals surface area contributed by atoms with Crippen molar-refractivity contribution in [2.24, 2.45) is 0 Å². The minimum absolute atomic E-state index is 0.169. The number of halogens is 1. The van der Waals surface area contributed by atoms with Gasteiger partial charge in [0.15, 0.2) is 0 Å². The zero-order valence-electron chi connectivity index (χ0n) is 11.5. The molecule has 2 fully saturated rings. The Morgan fingerprint density at radius 3 is 2.48 bits per heavy atom. The first-order valence-corrected chi connectivity index (χ1v) is 7.03. The summed E-state index contributed by atoms with van der Waals surface area (Å²) in [5.41, 5.74) is -0.486. The Hall–Kier alpha value is -2.02. The lowest BCUT2D eigenvalue weighted by molar-refractivity contribution is -0.387. The number of carbonyl (C=O) groups is 1. The Morgan fingerprint density at radius 1 is 1.24 bits per heavy atom. The van der Waals surface area contributed by atoms with Crippen molar-refractivity contribution in [1.82, 2.24) is 9.80 Å². The van der Waals surface area contributed by atoms with E-state index in [-0.39, 0.29) is 11.5 Å². The fourth-order valence-electron chi connectivity index (χ4n) is 2.70. The van der Waals surface area contributed by atoms with E-state index in [1.165, 1.54) is 18.9 Å². The first kappa shape index (κ1) is 13.9. The Labute approximate surface area is 121 Å². The van der Waals surface area contributed by atoms with E-state index in [1.54, 1.807) is 4.90 Å². The summed E-state index contributed by atoms with van der Waals surface area (Å²) >= 11 is 0. The predicted octanol–water partition coefficient (Wildman–Crippen LogP) is 1.65. The van der Waals surface area contributed by atoms with Crippen LogP contribution in [0, 0.1) is 15.9 Å². The molecule has 7 heteroatoms. The molecule has 1 aliphatic carbocycles. The number of piperazine rings is 1. The highest BCUT2D eigenvalue weighted by molar-refractivity contribution is 5.95. The highest BCUT2D eigenvalue weighted by Crippen LogP contribution is 2.28. The van der Waals surface area contributed by atoms with Gasteiger partial charge in [0.05, 0.1) is 4.92 Å². The summed E-state index contributed by atoms with van der Waals surface area (Å²) < 4.78 is 13.3. The molecule has 0 spiro atoms. The Balaban J connectivity index is 1.70. The van der Waals surface area contributed by atoms with E-state index in [0.717, 1.165) is 25.2 Å². The molecule has 0 N–H and O–H groups in total. The van der Waals surface area contributed by atoms with E-state index < -0.39 is 16.4 Å². The van der Waals surface area contributed by atoms with Crippen molar-refractivity contribution in [3.05, 3.63) is 39.7 Å². The molecule has 0 bridgehead atoms. The molecular weight excluding hydrogens is 277 g/mol. The maximum absolute atomic E-state index is 13.3. The van der Waals surface area contributed by atoms with Crippen molar-refractivity contribution in [3.63, 3.8) is 0 Å². The van der Waals surface area contributed by atoms with Gasteiger partial charge in [-0.15, -0.1) is 0 Å². The third-order valence-corrected chi connectivity index (χ3v) is 4.05. The van der Waals surface area contributed by atoms with Crippen LogP contribution in [0.2, 0.25) is 0 Å². The van der Waals surface area contributed by atoms with Crippen molar-refractivity contribution < 1.29 is 14.1 Å². The number of nitrogens with zero attached hydrogens (tertiary/aromatic N) is 3. The smallest absolute Gasteiger partial charge is 0.305 e. The molecule has 1 heterocycles. The third kappa shape index (κ3) is 2.87. The monoisotopic (exact) mass is 293 g/mol. The predicted molar refractivity (Wildman–Crippen MR) is 73.6 cm³/mol. The molecule has 2 aliphatic rings. The zero-order valence-corrected chi connectivity index (χ0v) is 11.5. The first-order chi connectivity index (χ1) is 10.1. The maximum Gasteiger partial charge on any atom is 0.305 e. The highest BCUT2D eigenvalue weighted by atomic mass is 19.1. The number of nitro groups is 1. The van der Waals surface area contributed by atoms with E-state index in [2.05, 4.69) is 4.90 Å². The molecule has 0 aromatic heterocycles. The molecule has 1 saturated carbocycles. The van der Waals surface area contributed by atoms with Gasteiger partial charge < -0.3 is 4.90 Å². The molecule has 1 amide bonds. The van der Waals surface area contributed by atoms with Gasteiger partial charge >= 0.3 is 5.69 Å². The molecule has 1 aromatic carbocycles. The van der Waals surface area contributed by atoms with Crippen LogP contribution >= 0.6 is 0 Å². The molecule has 21 heavy (non-hydrogen) atoms. The fourth-order valence-corrected chi connectivity index (χ4v) is 2.70. The zero-order chi connectivity index (χ0) is 15.0. The maximum atomic E-state index is 13.3. The average molecular weight is 293 g/mol. The van der Waals surface area contributed by atoms with Gasteiger partial charge in [0, 0.05) is 43.9 Å². The van der Waals surface area contributed by atoms with Gasteiger partial charge in [-0.2, -0.15) is 4.39 Å². The van der Waals surface area contributed by atoms with Crippen molar-refractivity contribution in [3.8, 4) is 0 Å². The van der Waals surface area contributed by atoms with Crippen LogP contribution in [0.3, 0.4) is 0 Å². The summed E-state index contributed by atoms with van der Waals surface area (Å²) in [6, 6.07) is 3.98. The SMILES string of the molecule is O=C(c1ccc(F)c([N+](=O)[O-])c1)N1CCN(C2CC2)CC1. The highest BCUT2D eigenvalue weighted by Gasteiger charge is 2.32. The van der Waals surface area contributed by atoms with Gasteiger partial charge in [-0.25, -0.2) is 0 Å². The summed E-state index contributed by atoms with van der Waals surface area (Å²) in [5, 5.41) is 10.7. The van der Waals surface area contributed by atoms with Crippen LogP contribution in [0.4, 0.5) is 10.1 Å². The number of carbonyl (C=O) groups excluding carboxylic acids is 1. The first-order valence-electron chi connectivity index (χ1n) is 7.03. The van der Waals surface area contributed by atoms with Crippen molar-refractivity contribution in [2.45, 2.75) is 18.9 Å². The lowest BCUT2D eigenvalue weighted by Crippen LogP contribution is -2.49. The van der Waals surface area contributed by atoms with Crippen LogP contribution in [0.1, 0.15) is 23.2 Å². The van der Waals surface area contributed by atoms with Crippen LogP contribution < -0.4 is 0 Å². The fraction of sp³-hybridized carbons (Fsp3) is 0.500. The number of benzene rings is 1. The topological polar surface area (TPSA) is 66.7 Å². The van der Waals surface area contributed by atoms with Gasteiger partial charge in [0.2, 0.25) is 5.82 Å². The Kier molecular flexibility index (Phi) is 3.59. The minimum atomic E-state index is -0.921. The summed E-state index contributed by atoms with van der Waals surface area (Å²) in [4.78, 5) is 26.3. The second-order valence-electron chi connectivity index (χ2n) is 5.48. The van der Waals surface area contributed by atoms with Crippen molar-refractivity contribution >= 4 is 11.6 Å². The molecule has 0 radical (unpaired) electrons. The molecule has 3 rings (SSSR count). The van der Waals surface area contributed by atoms with Crippen molar-refractivity contribution in [1.29, 1.82) is 0 Å². The summed E-state index contributed by atoms with van der Waals surface area (Å²) in [7, 11) is 0. The number of amides is 1. The molecule has 112 valence electrons. The van der Waals surface area contributed by atoms with E-state index >= 15 is 0 Å². The van der Waals surface area contributed by atoms with Crippen LogP contribution in [0.25, 0.3) is 0 Å². The number of nitro benzene ring substituents is 1. The summed E-state index contributed by atoms with van der Waals surface area (Å²) in [6.07, 6.45) is 2.47. The van der Waals surface area contributed by atoms with Crippen LogP contribution in [0.15, 0.2) is 18.2 Å². The largest absolute Gasteiger partial charge is 0.336 e. The van der Waals surface area contributed by atoms with Gasteiger partial charge in [-0.1, -0.05) is 0 Å². The van der Waals surface area contributed by atoms with E-state index in [0.29, 0.717) is 19.1 Å². The molecule has 6 nitrogen and oxygen atoms in total. The molecule has 1 saturated heterocycles. The Bertz CT molecular complexity index is 581. The van der Waals surface area contributed by atoms with Gasteiger partial charge in [0.25, 0.3) is 5.91 Å². The molecule has 0 unspecified atom stereocenters. The lowest BCUT2D eigenvalue weighted by atomic mass is 10.1. The summed E-state index contributed by atoms with van der Waals surface area (Å²) in [6.45, 7) is 2.89. The molecule has 1 aliphatic heterocycles. The number of hydrogen-bond donors (Lipinski definition) is 0. The van der Waals surface area contributed by atoms with E-state index in [1.807, 2.05) is 0 Å². The van der Waals surface area contributed by atoms with Crippen LogP contribution in [-0.2, 0) is 0 Å². The summed E-state index contributed by atoms with van der Waals surface area (Å²) in [5.74, 6) is -1.19. The number of rotatable bonds is 3. The van der Waals surface area contributed by atoms with Gasteiger partial charge in [0.1, 0.15) is 0 Å². The van der Waals surface area contributed by atoms with Gasteiger partial charge in [-0.3, -0.25) is 19.8 Å². The number of hydrogen-bond acceptors (Lipinski definition) is 4. The van der Waals surface area contributed by atoms with E-state index in [4.69, 9.17) is 0 Å². The third-order valence-electron chi connectivity index (χ3n) is 4.05. The minimum Gasteiger partial charge on any atom is -0.336 e. The normalized spacial score (nSPS) is 19.6. The van der Waals surface area contributed by atoms with E-state index in [9.17, 15) is 19.3 Å². The standard InChI is InChI=1S/C14H16FN3O3/c15-12-4-1-10(9-13(12)18(20)21)14(19)17-7-5-16(6-8-17)11-2-3-11/h1,4,9,11H,2-3,5-8H2. The second kappa shape index (κ2) is 5.40. The van der Waals surface area contributed by atoms with Crippen LogP contribution in [0.5, 0.6) is 0 Å². The average Bonchev–Trinajstić information content (AvgIpc) is 3.31. The Morgan fingerprint density at radius 2 is 1.90 bits per heavy atom. The van der Waals surface area contributed by atoms with Crippen molar-refractivity contribution in [2.75, 3.05) is 26.2 Å². The lowest BCUT2D eigenvalue weighted by Gasteiger charge is -2.34.